The summed E-state index contributed by atoms with van der Waals surface area (Å²) in [6.45, 7) is 3.42. The van der Waals surface area contributed by atoms with Gasteiger partial charge in [-0.1, -0.05) is 30.3 Å². The molecule has 0 aliphatic carbocycles. The van der Waals surface area contributed by atoms with E-state index in [4.69, 9.17) is 9.72 Å². The highest BCUT2D eigenvalue weighted by molar-refractivity contribution is 5.95. The van der Waals surface area contributed by atoms with Crippen molar-refractivity contribution >= 4 is 11.7 Å². The van der Waals surface area contributed by atoms with Gasteiger partial charge in [0.15, 0.2) is 0 Å². The van der Waals surface area contributed by atoms with Gasteiger partial charge in [-0.05, 0) is 50.6 Å². The number of methoxy groups -OCH3 is 1. The van der Waals surface area contributed by atoms with Crippen molar-refractivity contribution in [2.75, 3.05) is 25.6 Å². The van der Waals surface area contributed by atoms with Crippen LogP contribution in [0.5, 0.6) is 5.75 Å². The average molecular weight is 449 g/mol. The van der Waals surface area contributed by atoms with Crippen LogP contribution < -0.4 is 9.64 Å². The smallest absolute Gasteiger partial charge is 0.228 e. The summed E-state index contributed by atoms with van der Waals surface area (Å²) < 4.78 is 19.3. The molecule has 1 amide bonds. The van der Waals surface area contributed by atoms with Gasteiger partial charge in [0.05, 0.1) is 13.7 Å². The summed E-state index contributed by atoms with van der Waals surface area (Å²) in [5, 5.41) is 0. The van der Waals surface area contributed by atoms with Crippen LogP contribution in [0.2, 0.25) is 0 Å². The van der Waals surface area contributed by atoms with Crippen molar-refractivity contribution in [3.63, 3.8) is 0 Å². The highest BCUT2D eigenvalue weighted by Crippen LogP contribution is 2.28. The summed E-state index contributed by atoms with van der Waals surface area (Å²) in [7, 11) is 3.56. The lowest BCUT2D eigenvalue weighted by Gasteiger charge is -2.30. The lowest BCUT2D eigenvalue weighted by molar-refractivity contribution is -0.118. The zero-order chi connectivity index (χ0) is 23.4. The van der Waals surface area contributed by atoms with Gasteiger partial charge in [0.2, 0.25) is 5.91 Å². The molecule has 2 aromatic carbocycles. The van der Waals surface area contributed by atoms with E-state index in [1.165, 1.54) is 6.07 Å². The van der Waals surface area contributed by atoms with Gasteiger partial charge in [-0.15, -0.1) is 0 Å². The minimum absolute atomic E-state index is 0.0779. The molecule has 3 aromatic rings. The number of halogens is 1. The van der Waals surface area contributed by atoms with Crippen molar-refractivity contribution in [2.45, 2.75) is 39.3 Å². The Kier molecular flexibility index (Phi) is 6.99. The standard InChI is InChI=1S/C26H29FN4O2/c1-18-22-11-12-25(32)31(14-13-19-7-6-9-21(15-19)33-3)26(22)29-24(28-18)17-30(2)16-20-8-4-5-10-23(20)27/h4-10,15H,11-14,16-17H2,1-3H3. The van der Waals surface area contributed by atoms with Crippen LogP contribution in [0, 0.1) is 12.7 Å². The van der Waals surface area contributed by atoms with Crippen molar-refractivity contribution in [2.24, 2.45) is 0 Å². The van der Waals surface area contributed by atoms with Crippen molar-refractivity contribution in [1.82, 2.24) is 14.9 Å². The number of carbonyl (C=O) groups is 1. The SMILES string of the molecule is COc1cccc(CCN2C(=O)CCc3c(C)nc(CN(C)Cc4ccccc4F)nc32)c1. The van der Waals surface area contributed by atoms with E-state index in [-0.39, 0.29) is 11.7 Å². The normalized spacial score (nSPS) is 13.4. The molecule has 0 saturated heterocycles. The summed E-state index contributed by atoms with van der Waals surface area (Å²) >= 11 is 0. The second kappa shape index (κ2) is 10.1. The Balaban J connectivity index is 1.53. The molecular weight excluding hydrogens is 419 g/mol. The van der Waals surface area contributed by atoms with Crippen molar-refractivity contribution in [3.8, 4) is 5.75 Å². The van der Waals surface area contributed by atoms with Gasteiger partial charge < -0.3 is 4.74 Å². The van der Waals surface area contributed by atoms with Crippen molar-refractivity contribution in [3.05, 3.63) is 82.6 Å². The Morgan fingerprint density at radius 2 is 1.91 bits per heavy atom. The molecule has 2 heterocycles. The van der Waals surface area contributed by atoms with Gasteiger partial charge in [0, 0.05) is 36.3 Å². The quantitative estimate of drug-likeness (QED) is 0.520. The molecule has 0 saturated carbocycles. The second-order valence-corrected chi connectivity index (χ2v) is 8.44. The number of hydrogen-bond acceptors (Lipinski definition) is 5. The molecule has 6 nitrogen and oxygen atoms in total. The summed E-state index contributed by atoms with van der Waals surface area (Å²) in [4.78, 5) is 26.1. The number of rotatable bonds is 8. The van der Waals surface area contributed by atoms with Crippen LogP contribution in [0.25, 0.3) is 0 Å². The lowest BCUT2D eigenvalue weighted by atomic mass is 10.0. The molecule has 0 fully saturated rings. The topological polar surface area (TPSA) is 58.6 Å². The van der Waals surface area contributed by atoms with E-state index in [0.29, 0.717) is 56.1 Å². The predicted octanol–water partition coefficient (Wildman–Crippen LogP) is 4.09. The number of nitrogens with zero attached hydrogens (tertiary/aromatic N) is 4. The molecule has 0 bridgehead atoms. The van der Waals surface area contributed by atoms with Crippen LogP contribution in [0.15, 0.2) is 48.5 Å². The number of aryl methyl sites for hydroxylation is 1. The van der Waals surface area contributed by atoms with Gasteiger partial charge in [0.25, 0.3) is 0 Å². The number of anilines is 1. The van der Waals surface area contributed by atoms with Crippen LogP contribution in [0.3, 0.4) is 0 Å². The third kappa shape index (κ3) is 5.37. The van der Waals surface area contributed by atoms with Gasteiger partial charge >= 0.3 is 0 Å². The second-order valence-electron chi connectivity index (χ2n) is 8.44. The highest BCUT2D eigenvalue weighted by Gasteiger charge is 2.28. The Bertz CT molecular complexity index is 1150. The Hall–Kier alpha value is -3.32. The van der Waals surface area contributed by atoms with Crippen LogP contribution >= 0.6 is 0 Å². The van der Waals surface area contributed by atoms with Crippen molar-refractivity contribution in [1.29, 1.82) is 0 Å². The number of ether oxygens (including phenoxy) is 1. The van der Waals surface area contributed by atoms with Crippen LogP contribution in [-0.2, 0) is 30.7 Å². The molecule has 0 radical (unpaired) electrons. The molecule has 33 heavy (non-hydrogen) atoms. The molecular formula is C26H29FN4O2. The fourth-order valence-electron chi connectivity index (χ4n) is 4.22. The molecule has 0 N–H and O–H groups in total. The molecule has 0 atom stereocenters. The number of hydrogen-bond donors (Lipinski definition) is 0. The lowest BCUT2D eigenvalue weighted by Crippen LogP contribution is -2.38. The molecule has 0 unspecified atom stereocenters. The summed E-state index contributed by atoms with van der Waals surface area (Å²) in [5.74, 6) is 1.99. The van der Waals surface area contributed by atoms with Crippen LogP contribution in [0.4, 0.5) is 10.2 Å². The van der Waals surface area contributed by atoms with Gasteiger partial charge in [0.1, 0.15) is 23.2 Å². The summed E-state index contributed by atoms with van der Waals surface area (Å²) in [6, 6.07) is 14.7. The zero-order valence-corrected chi connectivity index (χ0v) is 19.3. The van der Waals surface area contributed by atoms with Gasteiger partial charge in [-0.25, -0.2) is 14.4 Å². The predicted molar refractivity (Wildman–Crippen MR) is 126 cm³/mol. The maximum Gasteiger partial charge on any atom is 0.228 e. The maximum atomic E-state index is 14.0. The molecule has 1 aliphatic heterocycles. The Labute approximate surface area is 194 Å². The van der Waals surface area contributed by atoms with E-state index in [0.717, 1.165) is 22.6 Å². The van der Waals surface area contributed by atoms with E-state index in [9.17, 15) is 9.18 Å². The maximum absolute atomic E-state index is 14.0. The molecule has 7 heteroatoms. The first-order valence-electron chi connectivity index (χ1n) is 11.2. The highest BCUT2D eigenvalue weighted by atomic mass is 19.1. The molecule has 172 valence electrons. The van der Waals surface area contributed by atoms with E-state index in [2.05, 4.69) is 4.98 Å². The third-order valence-corrected chi connectivity index (χ3v) is 5.95. The molecule has 0 spiro atoms. The first-order valence-corrected chi connectivity index (χ1v) is 11.2. The zero-order valence-electron chi connectivity index (χ0n) is 19.3. The Morgan fingerprint density at radius 3 is 2.70 bits per heavy atom. The summed E-state index contributed by atoms with van der Waals surface area (Å²) in [6.07, 6.45) is 1.82. The fraction of sp³-hybridized carbons (Fsp3) is 0.346. The van der Waals surface area contributed by atoms with E-state index in [1.54, 1.807) is 24.1 Å². The number of carbonyl (C=O) groups excluding carboxylic acids is 1. The first-order chi connectivity index (χ1) is 15.9. The number of amides is 1. The third-order valence-electron chi connectivity index (χ3n) is 5.95. The van der Waals surface area contributed by atoms with Crippen LogP contribution in [-0.4, -0.2) is 41.5 Å². The summed E-state index contributed by atoms with van der Waals surface area (Å²) in [5.41, 5.74) is 3.66. The van der Waals surface area contributed by atoms with Crippen molar-refractivity contribution < 1.29 is 13.9 Å². The van der Waals surface area contributed by atoms with E-state index >= 15 is 0 Å². The minimum atomic E-state index is -0.221. The first kappa shape index (κ1) is 22.9. The number of fused-ring (bicyclic) bond motifs is 1. The molecule has 1 aromatic heterocycles. The van der Waals surface area contributed by atoms with Crippen LogP contribution in [0.1, 0.15) is 34.6 Å². The van der Waals surface area contributed by atoms with Gasteiger partial charge in [-0.2, -0.15) is 0 Å². The number of benzene rings is 2. The Morgan fingerprint density at radius 1 is 1.09 bits per heavy atom. The van der Waals surface area contributed by atoms with E-state index < -0.39 is 0 Å². The average Bonchev–Trinajstić information content (AvgIpc) is 2.80. The van der Waals surface area contributed by atoms with Gasteiger partial charge in [-0.3, -0.25) is 14.6 Å². The molecule has 1 aliphatic rings. The largest absolute Gasteiger partial charge is 0.497 e. The van der Waals surface area contributed by atoms with E-state index in [1.807, 2.05) is 49.2 Å². The minimum Gasteiger partial charge on any atom is -0.497 e. The number of aromatic nitrogens is 2. The molecule has 4 rings (SSSR count). The monoisotopic (exact) mass is 448 g/mol. The fourth-order valence-corrected chi connectivity index (χ4v) is 4.22.